The number of nitrogens with zero attached hydrogens (tertiary/aromatic N) is 1. The van der Waals surface area contributed by atoms with E-state index in [1.54, 1.807) is 7.11 Å². The zero-order valence-electron chi connectivity index (χ0n) is 16.3. The Labute approximate surface area is 157 Å². The van der Waals surface area contributed by atoms with E-state index in [1.165, 1.54) is 6.26 Å². The van der Waals surface area contributed by atoms with Gasteiger partial charge in [0.25, 0.3) is 0 Å². The SMILES string of the molecule is CCNC(=NCCOCCS(C)(=O)=O)NC(C)c1cc(C)ccc1OC. The van der Waals surface area contributed by atoms with E-state index >= 15 is 0 Å². The number of sulfone groups is 1. The molecular formula is C18H31N3O4S. The van der Waals surface area contributed by atoms with E-state index in [9.17, 15) is 8.42 Å². The molecule has 0 spiro atoms. The third kappa shape index (κ3) is 8.53. The quantitative estimate of drug-likeness (QED) is 0.362. The van der Waals surface area contributed by atoms with Crippen LogP contribution in [0.1, 0.15) is 31.0 Å². The summed E-state index contributed by atoms with van der Waals surface area (Å²) >= 11 is 0. The lowest BCUT2D eigenvalue weighted by molar-refractivity contribution is 0.157. The second kappa shape index (κ2) is 11.0. The number of benzene rings is 1. The first-order valence-electron chi connectivity index (χ1n) is 8.71. The fourth-order valence-corrected chi connectivity index (χ4v) is 2.75. The molecule has 0 saturated heterocycles. The summed E-state index contributed by atoms with van der Waals surface area (Å²) in [5.41, 5.74) is 2.22. The molecule has 1 aromatic rings. The van der Waals surface area contributed by atoms with Gasteiger partial charge in [-0.2, -0.15) is 0 Å². The number of hydrogen-bond donors (Lipinski definition) is 2. The molecule has 1 aromatic carbocycles. The minimum Gasteiger partial charge on any atom is -0.496 e. The summed E-state index contributed by atoms with van der Waals surface area (Å²) in [6, 6.07) is 6.08. The van der Waals surface area contributed by atoms with Crippen molar-refractivity contribution in [3.63, 3.8) is 0 Å². The second-order valence-corrected chi connectivity index (χ2v) is 8.37. The smallest absolute Gasteiger partial charge is 0.191 e. The van der Waals surface area contributed by atoms with Gasteiger partial charge in [0.2, 0.25) is 0 Å². The fourth-order valence-electron chi connectivity index (χ4n) is 2.33. The van der Waals surface area contributed by atoms with E-state index in [1.807, 2.05) is 32.9 Å². The summed E-state index contributed by atoms with van der Waals surface area (Å²) in [7, 11) is -1.33. The summed E-state index contributed by atoms with van der Waals surface area (Å²) in [6.45, 7) is 7.83. The van der Waals surface area contributed by atoms with Crippen LogP contribution in [0.25, 0.3) is 0 Å². The van der Waals surface area contributed by atoms with Crippen molar-refractivity contribution in [2.45, 2.75) is 26.8 Å². The first-order valence-corrected chi connectivity index (χ1v) is 10.8. The minimum atomic E-state index is -2.99. The zero-order chi connectivity index (χ0) is 19.6. The maximum Gasteiger partial charge on any atom is 0.191 e. The molecule has 0 amide bonds. The van der Waals surface area contributed by atoms with E-state index in [0.29, 0.717) is 19.1 Å². The van der Waals surface area contributed by atoms with Crippen LogP contribution in [0.2, 0.25) is 0 Å². The zero-order valence-corrected chi connectivity index (χ0v) is 17.1. The van der Waals surface area contributed by atoms with Gasteiger partial charge in [-0.15, -0.1) is 0 Å². The van der Waals surface area contributed by atoms with Crippen LogP contribution >= 0.6 is 0 Å². The highest BCUT2D eigenvalue weighted by Crippen LogP contribution is 2.25. The van der Waals surface area contributed by atoms with Crippen LogP contribution in [-0.4, -0.2) is 59.8 Å². The van der Waals surface area contributed by atoms with Gasteiger partial charge >= 0.3 is 0 Å². The van der Waals surface area contributed by atoms with E-state index in [-0.39, 0.29) is 18.4 Å². The van der Waals surface area contributed by atoms with Gasteiger partial charge in [0.1, 0.15) is 15.6 Å². The molecule has 1 unspecified atom stereocenters. The van der Waals surface area contributed by atoms with Crippen LogP contribution in [0.15, 0.2) is 23.2 Å². The van der Waals surface area contributed by atoms with Gasteiger partial charge < -0.3 is 20.1 Å². The second-order valence-electron chi connectivity index (χ2n) is 6.11. The molecule has 8 heteroatoms. The Hall–Kier alpha value is -1.80. The highest BCUT2D eigenvalue weighted by atomic mass is 32.2. The molecule has 0 heterocycles. The number of ether oxygens (including phenoxy) is 2. The molecule has 0 saturated carbocycles. The van der Waals surface area contributed by atoms with Crippen LogP contribution in [0.3, 0.4) is 0 Å². The van der Waals surface area contributed by atoms with Crippen molar-refractivity contribution in [1.82, 2.24) is 10.6 Å². The minimum absolute atomic E-state index is 0.00815. The van der Waals surface area contributed by atoms with Gasteiger partial charge in [-0.1, -0.05) is 17.7 Å². The predicted molar refractivity (Wildman–Crippen MR) is 106 cm³/mol. The molecule has 0 bridgehead atoms. The summed E-state index contributed by atoms with van der Waals surface area (Å²) < 4.78 is 32.9. The molecule has 0 aliphatic heterocycles. The maximum atomic E-state index is 11.1. The van der Waals surface area contributed by atoms with Gasteiger partial charge in [-0.05, 0) is 26.8 Å². The largest absolute Gasteiger partial charge is 0.496 e. The van der Waals surface area contributed by atoms with Crippen LogP contribution in [0.5, 0.6) is 5.75 Å². The normalized spacial score (nSPS) is 13.3. The van der Waals surface area contributed by atoms with Gasteiger partial charge in [-0.3, -0.25) is 4.99 Å². The van der Waals surface area contributed by atoms with Crippen LogP contribution in [0.4, 0.5) is 0 Å². The van der Waals surface area contributed by atoms with Crippen molar-refractivity contribution >= 4 is 15.8 Å². The lowest BCUT2D eigenvalue weighted by Crippen LogP contribution is -2.39. The molecule has 7 nitrogen and oxygen atoms in total. The monoisotopic (exact) mass is 385 g/mol. The lowest BCUT2D eigenvalue weighted by Gasteiger charge is -2.20. The molecule has 26 heavy (non-hydrogen) atoms. The Morgan fingerprint density at radius 1 is 1.31 bits per heavy atom. The van der Waals surface area contributed by atoms with E-state index in [4.69, 9.17) is 9.47 Å². The summed E-state index contributed by atoms with van der Waals surface area (Å²) in [5.74, 6) is 1.53. The fraction of sp³-hybridized carbons (Fsp3) is 0.611. The van der Waals surface area contributed by atoms with Crippen molar-refractivity contribution < 1.29 is 17.9 Å². The van der Waals surface area contributed by atoms with Crippen molar-refractivity contribution in [3.8, 4) is 5.75 Å². The molecule has 1 rings (SSSR count). The molecule has 1 atom stereocenters. The number of aryl methyl sites for hydroxylation is 1. The standard InChI is InChI=1S/C18H31N3O4S/c1-6-19-18(20-9-10-25-11-12-26(5,22)23)21-15(3)16-13-14(2)7-8-17(16)24-4/h7-8,13,15H,6,9-12H2,1-5H3,(H2,19,20,21). The maximum absolute atomic E-state index is 11.1. The van der Waals surface area contributed by atoms with Crippen molar-refractivity contribution in [2.24, 2.45) is 4.99 Å². The lowest BCUT2D eigenvalue weighted by atomic mass is 10.0. The van der Waals surface area contributed by atoms with Crippen LogP contribution in [0, 0.1) is 6.92 Å². The van der Waals surface area contributed by atoms with Gasteiger partial charge in [0.05, 0.1) is 38.7 Å². The number of guanidine groups is 1. The molecule has 0 radical (unpaired) electrons. The van der Waals surface area contributed by atoms with E-state index < -0.39 is 9.84 Å². The highest BCUT2D eigenvalue weighted by molar-refractivity contribution is 7.90. The predicted octanol–water partition coefficient (Wildman–Crippen LogP) is 1.68. The Kier molecular flexibility index (Phi) is 9.43. The van der Waals surface area contributed by atoms with Crippen molar-refractivity contribution in [3.05, 3.63) is 29.3 Å². The Morgan fingerprint density at radius 2 is 2.04 bits per heavy atom. The van der Waals surface area contributed by atoms with Gasteiger partial charge in [-0.25, -0.2) is 8.42 Å². The van der Waals surface area contributed by atoms with Gasteiger partial charge in [0, 0.05) is 18.4 Å². The average molecular weight is 386 g/mol. The molecule has 0 aliphatic rings. The summed E-state index contributed by atoms with van der Waals surface area (Å²) in [5, 5.41) is 6.56. The average Bonchev–Trinajstić information content (AvgIpc) is 2.57. The van der Waals surface area contributed by atoms with Crippen LogP contribution < -0.4 is 15.4 Å². The summed E-state index contributed by atoms with van der Waals surface area (Å²) in [6.07, 6.45) is 1.20. The molecular weight excluding hydrogens is 354 g/mol. The molecule has 148 valence electrons. The number of rotatable bonds is 10. The molecule has 0 aliphatic carbocycles. The topological polar surface area (TPSA) is 89.0 Å². The number of nitrogens with one attached hydrogen (secondary N) is 2. The number of aliphatic imine (C=N–C) groups is 1. The number of methoxy groups -OCH3 is 1. The molecule has 0 fully saturated rings. The molecule has 0 aromatic heterocycles. The third-order valence-electron chi connectivity index (χ3n) is 3.65. The Bertz CT molecular complexity index is 690. The van der Waals surface area contributed by atoms with E-state index in [2.05, 4.69) is 21.7 Å². The highest BCUT2D eigenvalue weighted by Gasteiger charge is 2.13. The Morgan fingerprint density at radius 3 is 2.65 bits per heavy atom. The summed E-state index contributed by atoms with van der Waals surface area (Å²) in [4.78, 5) is 4.47. The first-order chi connectivity index (χ1) is 12.3. The third-order valence-corrected chi connectivity index (χ3v) is 4.56. The van der Waals surface area contributed by atoms with Crippen LogP contribution in [-0.2, 0) is 14.6 Å². The van der Waals surface area contributed by atoms with Crippen molar-refractivity contribution in [1.29, 1.82) is 0 Å². The first kappa shape index (κ1) is 22.2. The van der Waals surface area contributed by atoms with E-state index in [0.717, 1.165) is 23.4 Å². The number of hydrogen-bond acceptors (Lipinski definition) is 5. The molecule has 2 N–H and O–H groups in total. The van der Waals surface area contributed by atoms with Crippen molar-refractivity contribution in [2.75, 3.05) is 45.4 Å². The van der Waals surface area contributed by atoms with Gasteiger partial charge in [0.15, 0.2) is 5.96 Å². The Balaban J connectivity index is 2.62.